The van der Waals surface area contributed by atoms with Gasteiger partial charge in [0, 0.05) is 30.9 Å². The van der Waals surface area contributed by atoms with Crippen LogP contribution in [-0.4, -0.2) is 22.1 Å². The van der Waals surface area contributed by atoms with Crippen LogP contribution in [0.15, 0.2) is 42.7 Å². The average Bonchev–Trinajstić information content (AvgIpc) is 2.97. The number of fused-ring (bicyclic) bond motifs is 1. The average molecular weight is 361 g/mol. The molecule has 3 aromatic rings. The Morgan fingerprint density at radius 3 is 2.96 bits per heavy atom. The molecular formula is C18H18ClFN4O. The van der Waals surface area contributed by atoms with E-state index in [4.69, 9.17) is 11.6 Å². The number of anilines is 1. The van der Waals surface area contributed by atoms with Gasteiger partial charge in [-0.15, -0.1) is 0 Å². The first kappa shape index (κ1) is 17.2. The summed E-state index contributed by atoms with van der Waals surface area (Å²) in [6.45, 7) is 3.31. The molecule has 2 N–H and O–H groups in total. The van der Waals surface area contributed by atoms with Gasteiger partial charge in [-0.2, -0.15) is 0 Å². The molecule has 7 heteroatoms. The van der Waals surface area contributed by atoms with Gasteiger partial charge in [0.15, 0.2) is 5.82 Å². The minimum Gasteiger partial charge on any atom is -0.338 e. The number of benzene rings is 1. The summed E-state index contributed by atoms with van der Waals surface area (Å²) < 4.78 is 15.9. The monoisotopic (exact) mass is 360 g/mol. The molecule has 3 rings (SSSR count). The first-order chi connectivity index (χ1) is 12.1. The van der Waals surface area contributed by atoms with E-state index in [0.29, 0.717) is 13.0 Å². The van der Waals surface area contributed by atoms with E-state index in [1.165, 1.54) is 12.1 Å². The lowest BCUT2D eigenvalue weighted by Gasteiger charge is -2.08. The van der Waals surface area contributed by atoms with E-state index in [0.717, 1.165) is 23.1 Å². The summed E-state index contributed by atoms with van der Waals surface area (Å²) in [5.74, 6) is -0.642. The Hall–Kier alpha value is -2.60. The number of aromatic nitrogens is 2. The third-order valence-corrected chi connectivity index (χ3v) is 4.23. The van der Waals surface area contributed by atoms with Crippen LogP contribution in [0.5, 0.6) is 0 Å². The predicted molar refractivity (Wildman–Crippen MR) is 97.5 cm³/mol. The molecule has 2 aromatic heterocycles. The van der Waals surface area contributed by atoms with Gasteiger partial charge >= 0.3 is 6.03 Å². The molecular weight excluding hydrogens is 343 g/mol. The van der Waals surface area contributed by atoms with Gasteiger partial charge in [-0.3, -0.25) is 0 Å². The van der Waals surface area contributed by atoms with E-state index in [9.17, 15) is 9.18 Å². The summed E-state index contributed by atoms with van der Waals surface area (Å²) >= 11 is 5.70. The van der Waals surface area contributed by atoms with Crippen LogP contribution in [0.4, 0.5) is 14.9 Å². The first-order valence-corrected chi connectivity index (χ1v) is 8.39. The number of hydrogen-bond donors (Lipinski definition) is 2. The summed E-state index contributed by atoms with van der Waals surface area (Å²) in [7, 11) is 0. The molecule has 0 saturated carbocycles. The predicted octanol–water partition coefficient (Wildman–Crippen LogP) is 4.21. The number of amides is 2. The molecule has 25 heavy (non-hydrogen) atoms. The SMILES string of the molecule is CCn1cc(CCNC(=O)Nc2cccc(Cl)c2F)c2cccnc21. The number of nitrogens with one attached hydrogen (secondary N) is 2. The highest BCUT2D eigenvalue weighted by Gasteiger charge is 2.11. The molecule has 130 valence electrons. The van der Waals surface area contributed by atoms with Crippen LogP contribution in [0.2, 0.25) is 5.02 Å². The standard InChI is InChI=1S/C18H18ClFN4O/c1-2-24-11-12(13-5-4-9-21-17(13)24)8-10-22-18(25)23-15-7-3-6-14(19)16(15)20/h3-7,9,11H,2,8,10H2,1H3,(H2,22,23,25). The van der Waals surface area contributed by atoms with Crippen molar-refractivity contribution in [3.63, 3.8) is 0 Å². The Bertz CT molecular complexity index is 909. The van der Waals surface area contributed by atoms with E-state index < -0.39 is 11.8 Å². The van der Waals surface area contributed by atoms with Crippen molar-refractivity contribution in [1.82, 2.24) is 14.9 Å². The number of rotatable bonds is 5. The molecule has 2 heterocycles. The Morgan fingerprint density at radius 2 is 2.16 bits per heavy atom. The van der Waals surface area contributed by atoms with Gasteiger partial charge in [0.05, 0.1) is 10.7 Å². The molecule has 0 unspecified atom stereocenters. The summed E-state index contributed by atoms with van der Waals surface area (Å²) in [5.41, 5.74) is 2.10. The number of urea groups is 1. The third kappa shape index (κ3) is 3.74. The van der Waals surface area contributed by atoms with Crippen molar-refractivity contribution < 1.29 is 9.18 Å². The van der Waals surface area contributed by atoms with E-state index in [-0.39, 0.29) is 10.7 Å². The highest BCUT2D eigenvalue weighted by atomic mass is 35.5. The fraction of sp³-hybridized carbons (Fsp3) is 0.222. The fourth-order valence-corrected chi connectivity index (χ4v) is 2.89. The van der Waals surface area contributed by atoms with E-state index in [2.05, 4.69) is 27.1 Å². The van der Waals surface area contributed by atoms with Crippen molar-refractivity contribution in [2.75, 3.05) is 11.9 Å². The zero-order valence-electron chi connectivity index (χ0n) is 13.7. The number of carbonyl (C=O) groups is 1. The smallest absolute Gasteiger partial charge is 0.319 e. The van der Waals surface area contributed by atoms with Gasteiger partial charge in [0.25, 0.3) is 0 Å². The van der Waals surface area contributed by atoms with Crippen LogP contribution in [0.3, 0.4) is 0 Å². The zero-order valence-corrected chi connectivity index (χ0v) is 14.5. The number of halogens is 2. The van der Waals surface area contributed by atoms with Crippen LogP contribution in [-0.2, 0) is 13.0 Å². The molecule has 0 aliphatic heterocycles. The number of pyridine rings is 1. The zero-order chi connectivity index (χ0) is 17.8. The molecule has 2 amide bonds. The first-order valence-electron chi connectivity index (χ1n) is 8.01. The molecule has 0 atom stereocenters. The lowest BCUT2D eigenvalue weighted by atomic mass is 10.1. The Kier molecular flexibility index (Phi) is 5.19. The second-order valence-electron chi connectivity index (χ2n) is 5.55. The molecule has 0 saturated heterocycles. The maximum absolute atomic E-state index is 13.8. The lowest BCUT2D eigenvalue weighted by Crippen LogP contribution is -2.30. The van der Waals surface area contributed by atoms with E-state index in [1.54, 1.807) is 12.3 Å². The van der Waals surface area contributed by atoms with Crippen molar-refractivity contribution >= 4 is 34.4 Å². The Labute approximate surface area is 149 Å². The fourth-order valence-electron chi connectivity index (χ4n) is 2.71. The number of nitrogens with zero attached hydrogens (tertiary/aromatic N) is 2. The highest BCUT2D eigenvalue weighted by Crippen LogP contribution is 2.22. The summed E-state index contributed by atoms with van der Waals surface area (Å²) in [6, 6.07) is 7.91. The molecule has 0 bridgehead atoms. The third-order valence-electron chi connectivity index (χ3n) is 3.94. The normalized spacial score (nSPS) is 10.8. The van der Waals surface area contributed by atoms with Gasteiger partial charge < -0.3 is 15.2 Å². The maximum atomic E-state index is 13.8. The number of aryl methyl sites for hydroxylation is 1. The van der Waals surface area contributed by atoms with Gasteiger partial charge in [0.1, 0.15) is 5.65 Å². The van der Waals surface area contributed by atoms with Crippen molar-refractivity contribution in [2.45, 2.75) is 19.9 Å². The molecule has 0 spiro atoms. The largest absolute Gasteiger partial charge is 0.338 e. The van der Waals surface area contributed by atoms with Crippen LogP contribution >= 0.6 is 11.6 Å². The van der Waals surface area contributed by atoms with Gasteiger partial charge in [-0.05, 0) is 43.2 Å². The van der Waals surface area contributed by atoms with Gasteiger partial charge in [-0.25, -0.2) is 14.2 Å². The summed E-state index contributed by atoms with van der Waals surface area (Å²) in [6.07, 6.45) is 4.47. The molecule has 5 nitrogen and oxygen atoms in total. The second-order valence-corrected chi connectivity index (χ2v) is 5.95. The minimum atomic E-state index is -0.642. The van der Waals surface area contributed by atoms with E-state index in [1.807, 2.05) is 18.3 Å². The van der Waals surface area contributed by atoms with Crippen LogP contribution in [0.1, 0.15) is 12.5 Å². The molecule has 0 aliphatic carbocycles. The molecule has 0 fully saturated rings. The second kappa shape index (κ2) is 7.53. The summed E-state index contributed by atoms with van der Waals surface area (Å²) in [4.78, 5) is 16.3. The number of carbonyl (C=O) groups excluding carboxylic acids is 1. The minimum absolute atomic E-state index is 0.0299. The summed E-state index contributed by atoms with van der Waals surface area (Å²) in [5, 5.41) is 6.24. The Balaban J connectivity index is 1.61. The van der Waals surface area contributed by atoms with Crippen molar-refractivity contribution in [3.05, 3.63) is 59.1 Å². The van der Waals surface area contributed by atoms with Crippen LogP contribution in [0.25, 0.3) is 11.0 Å². The van der Waals surface area contributed by atoms with Crippen molar-refractivity contribution in [3.8, 4) is 0 Å². The van der Waals surface area contributed by atoms with Crippen molar-refractivity contribution in [1.29, 1.82) is 0 Å². The molecule has 0 radical (unpaired) electrons. The lowest BCUT2D eigenvalue weighted by molar-refractivity contribution is 0.252. The van der Waals surface area contributed by atoms with Crippen LogP contribution < -0.4 is 10.6 Å². The number of hydrogen-bond acceptors (Lipinski definition) is 2. The van der Waals surface area contributed by atoms with Gasteiger partial charge in [-0.1, -0.05) is 17.7 Å². The topological polar surface area (TPSA) is 59.0 Å². The highest BCUT2D eigenvalue weighted by molar-refractivity contribution is 6.31. The maximum Gasteiger partial charge on any atom is 0.319 e. The van der Waals surface area contributed by atoms with Crippen LogP contribution in [0, 0.1) is 5.82 Å². The molecule has 1 aromatic carbocycles. The Morgan fingerprint density at radius 1 is 1.32 bits per heavy atom. The molecule has 0 aliphatic rings. The van der Waals surface area contributed by atoms with E-state index >= 15 is 0 Å². The quantitative estimate of drug-likeness (QED) is 0.716. The van der Waals surface area contributed by atoms with Gasteiger partial charge in [0.2, 0.25) is 0 Å². The van der Waals surface area contributed by atoms with Crippen molar-refractivity contribution in [2.24, 2.45) is 0 Å².